The number of aliphatic hydroxyl groups is 1. The van der Waals surface area contributed by atoms with Gasteiger partial charge < -0.3 is 10.0 Å². The number of nitrogens with one attached hydrogen (secondary N) is 1. The van der Waals surface area contributed by atoms with Gasteiger partial charge in [-0.3, -0.25) is 9.89 Å². The first-order valence-corrected chi connectivity index (χ1v) is 6.04. The molecule has 1 atom stereocenters. The Balaban J connectivity index is 2.01. The van der Waals surface area contributed by atoms with E-state index < -0.39 is 0 Å². The lowest BCUT2D eigenvalue weighted by Crippen LogP contribution is -2.42. The zero-order valence-electron chi connectivity index (χ0n) is 10.4. The second kappa shape index (κ2) is 4.87. The molecule has 0 radical (unpaired) electrons. The fourth-order valence-electron chi connectivity index (χ4n) is 2.28. The normalized spacial score (nSPS) is 20.6. The van der Waals surface area contributed by atoms with Gasteiger partial charge in [-0.25, -0.2) is 0 Å². The summed E-state index contributed by atoms with van der Waals surface area (Å²) in [6.45, 7) is 5.05. The summed E-state index contributed by atoms with van der Waals surface area (Å²) in [4.78, 5) is 13.8. The van der Waals surface area contributed by atoms with Crippen molar-refractivity contribution in [3.8, 4) is 0 Å². The lowest BCUT2D eigenvalue weighted by Gasteiger charge is -2.30. The van der Waals surface area contributed by atoms with Crippen molar-refractivity contribution in [2.45, 2.75) is 39.2 Å². The highest BCUT2D eigenvalue weighted by atomic mass is 16.3. The minimum atomic E-state index is -0.362. The van der Waals surface area contributed by atoms with Crippen LogP contribution in [0.3, 0.4) is 0 Å². The monoisotopic (exact) mass is 237 g/mol. The summed E-state index contributed by atoms with van der Waals surface area (Å²) < 4.78 is 0. The summed E-state index contributed by atoms with van der Waals surface area (Å²) in [5.74, 6) is 0.0800. The lowest BCUT2D eigenvalue weighted by atomic mass is 10.1. The zero-order valence-corrected chi connectivity index (χ0v) is 10.4. The van der Waals surface area contributed by atoms with E-state index in [0.717, 1.165) is 36.3 Å². The first kappa shape index (κ1) is 12.1. The van der Waals surface area contributed by atoms with Crippen molar-refractivity contribution in [2.75, 3.05) is 13.1 Å². The maximum absolute atomic E-state index is 12.1. The molecule has 0 aromatic carbocycles. The van der Waals surface area contributed by atoms with E-state index in [-0.39, 0.29) is 12.0 Å². The van der Waals surface area contributed by atoms with Crippen LogP contribution in [0.15, 0.2) is 0 Å². The number of aromatic nitrogens is 2. The smallest absolute Gasteiger partial charge is 0.227 e. The number of β-amino-alcohol motifs (C(OH)–C–C–N with tert-alkyl or cyclic N) is 1. The number of aryl methyl sites for hydroxylation is 2. The molecule has 2 rings (SSSR count). The summed E-state index contributed by atoms with van der Waals surface area (Å²) in [5, 5.41) is 16.5. The molecule has 0 unspecified atom stereocenters. The van der Waals surface area contributed by atoms with Crippen LogP contribution in [-0.4, -0.2) is 45.3 Å². The summed E-state index contributed by atoms with van der Waals surface area (Å²) in [7, 11) is 0. The Bertz CT molecular complexity index is 394. The number of carbonyl (C=O) groups is 1. The van der Waals surface area contributed by atoms with Crippen molar-refractivity contribution < 1.29 is 9.90 Å². The molecule has 1 aliphatic rings. The minimum Gasteiger partial charge on any atom is -0.391 e. The fourth-order valence-corrected chi connectivity index (χ4v) is 2.28. The van der Waals surface area contributed by atoms with Crippen LogP contribution < -0.4 is 0 Å². The van der Waals surface area contributed by atoms with Crippen molar-refractivity contribution in [2.24, 2.45) is 0 Å². The zero-order chi connectivity index (χ0) is 12.4. The van der Waals surface area contributed by atoms with Crippen molar-refractivity contribution in [3.05, 3.63) is 17.0 Å². The first-order valence-electron chi connectivity index (χ1n) is 6.04. The van der Waals surface area contributed by atoms with E-state index in [2.05, 4.69) is 10.2 Å². The van der Waals surface area contributed by atoms with Crippen molar-refractivity contribution in [1.82, 2.24) is 15.1 Å². The number of piperidine rings is 1. The van der Waals surface area contributed by atoms with E-state index >= 15 is 0 Å². The standard InChI is InChI=1S/C12H19N3O2/c1-8-11(9(2)14-13-8)6-12(17)15-5-3-4-10(16)7-15/h10,16H,3-7H2,1-2H3,(H,13,14)/t10-/m0/s1. The SMILES string of the molecule is Cc1n[nH]c(C)c1CC(=O)N1CCC[C@H](O)C1. The molecule has 0 spiro atoms. The predicted molar refractivity (Wildman–Crippen MR) is 63.6 cm³/mol. The number of likely N-dealkylation sites (tertiary alicyclic amines) is 1. The van der Waals surface area contributed by atoms with Gasteiger partial charge in [-0.15, -0.1) is 0 Å². The highest BCUT2D eigenvalue weighted by Crippen LogP contribution is 2.15. The average Bonchev–Trinajstić information content (AvgIpc) is 2.61. The Labute approximate surface area is 101 Å². The predicted octanol–water partition coefficient (Wildman–Crippen LogP) is 0.552. The number of amides is 1. The van der Waals surface area contributed by atoms with E-state index in [0.29, 0.717) is 13.0 Å². The number of aromatic amines is 1. The number of rotatable bonds is 2. The van der Waals surface area contributed by atoms with E-state index in [4.69, 9.17) is 0 Å². The Morgan fingerprint density at radius 2 is 2.35 bits per heavy atom. The van der Waals surface area contributed by atoms with Crippen molar-refractivity contribution in [3.63, 3.8) is 0 Å². The Morgan fingerprint density at radius 1 is 1.59 bits per heavy atom. The Hall–Kier alpha value is -1.36. The van der Waals surface area contributed by atoms with Crippen LogP contribution in [0.5, 0.6) is 0 Å². The van der Waals surface area contributed by atoms with Crippen LogP contribution in [-0.2, 0) is 11.2 Å². The fraction of sp³-hybridized carbons (Fsp3) is 0.667. The molecule has 17 heavy (non-hydrogen) atoms. The number of H-pyrrole nitrogens is 1. The van der Waals surface area contributed by atoms with Gasteiger partial charge in [0, 0.05) is 24.3 Å². The van der Waals surface area contributed by atoms with E-state index in [1.54, 1.807) is 4.90 Å². The molecule has 1 aromatic rings. The number of aliphatic hydroxyl groups excluding tert-OH is 1. The number of nitrogens with zero attached hydrogens (tertiary/aromatic N) is 2. The van der Waals surface area contributed by atoms with Crippen LogP contribution in [0.4, 0.5) is 0 Å². The van der Waals surface area contributed by atoms with Crippen LogP contribution in [0, 0.1) is 13.8 Å². The highest BCUT2D eigenvalue weighted by Gasteiger charge is 2.23. The number of carbonyl (C=O) groups excluding carboxylic acids is 1. The molecule has 94 valence electrons. The number of hydrogen-bond acceptors (Lipinski definition) is 3. The van der Waals surface area contributed by atoms with Gasteiger partial charge in [0.15, 0.2) is 0 Å². The number of hydrogen-bond donors (Lipinski definition) is 2. The highest BCUT2D eigenvalue weighted by molar-refractivity contribution is 5.79. The molecule has 5 nitrogen and oxygen atoms in total. The molecule has 1 amide bonds. The molecule has 1 aromatic heterocycles. The third kappa shape index (κ3) is 2.66. The maximum Gasteiger partial charge on any atom is 0.227 e. The lowest BCUT2D eigenvalue weighted by molar-refractivity contribution is -0.133. The van der Waals surface area contributed by atoms with Gasteiger partial charge >= 0.3 is 0 Å². The third-order valence-corrected chi connectivity index (χ3v) is 3.36. The van der Waals surface area contributed by atoms with Gasteiger partial charge in [-0.05, 0) is 26.7 Å². The van der Waals surface area contributed by atoms with E-state index in [1.165, 1.54) is 0 Å². The summed E-state index contributed by atoms with van der Waals surface area (Å²) in [6.07, 6.45) is 1.70. The molecule has 1 aliphatic heterocycles. The maximum atomic E-state index is 12.1. The molecular formula is C12H19N3O2. The van der Waals surface area contributed by atoms with Crippen molar-refractivity contribution >= 4 is 5.91 Å². The van der Waals surface area contributed by atoms with Gasteiger partial charge in [0.05, 0.1) is 18.2 Å². The minimum absolute atomic E-state index is 0.0800. The molecule has 1 fully saturated rings. The summed E-state index contributed by atoms with van der Waals surface area (Å²) >= 11 is 0. The van der Waals surface area contributed by atoms with E-state index in [1.807, 2.05) is 13.8 Å². The Morgan fingerprint density at radius 3 is 2.94 bits per heavy atom. The molecule has 2 N–H and O–H groups in total. The van der Waals surface area contributed by atoms with Crippen LogP contribution in [0.1, 0.15) is 29.8 Å². The first-order chi connectivity index (χ1) is 8.08. The molecule has 5 heteroatoms. The molecule has 0 aliphatic carbocycles. The van der Waals surface area contributed by atoms with Gasteiger partial charge in [0.2, 0.25) is 5.91 Å². The average molecular weight is 237 g/mol. The Kier molecular flexibility index (Phi) is 3.47. The van der Waals surface area contributed by atoms with E-state index in [9.17, 15) is 9.90 Å². The third-order valence-electron chi connectivity index (χ3n) is 3.36. The van der Waals surface area contributed by atoms with Gasteiger partial charge in [-0.1, -0.05) is 0 Å². The van der Waals surface area contributed by atoms with Gasteiger partial charge in [-0.2, -0.15) is 5.10 Å². The van der Waals surface area contributed by atoms with Crippen LogP contribution in [0.2, 0.25) is 0 Å². The van der Waals surface area contributed by atoms with Gasteiger partial charge in [0.25, 0.3) is 0 Å². The van der Waals surface area contributed by atoms with Crippen molar-refractivity contribution in [1.29, 1.82) is 0 Å². The topological polar surface area (TPSA) is 69.2 Å². The second-order valence-electron chi connectivity index (χ2n) is 4.73. The summed E-state index contributed by atoms with van der Waals surface area (Å²) in [6, 6.07) is 0. The summed E-state index contributed by atoms with van der Waals surface area (Å²) in [5.41, 5.74) is 2.82. The molecule has 2 heterocycles. The molecular weight excluding hydrogens is 218 g/mol. The van der Waals surface area contributed by atoms with Gasteiger partial charge in [0.1, 0.15) is 0 Å². The second-order valence-corrected chi connectivity index (χ2v) is 4.73. The van der Waals surface area contributed by atoms with Crippen LogP contribution in [0.25, 0.3) is 0 Å². The quantitative estimate of drug-likeness (QED) is 0.789. The molecule has 0 saturated carbocycles. The molecule has 0 bridgehead atoms. The molecule has 1 saturated heterocycles. The largest absolute Gasteiger partial charge is 0.391 e. The van der Waals surface area contributed by atoms with Crippen LogP contribution >= 0.6 is 0 Å².